The Hall–Kier alpha value is -2.57. The minimum atomic E-state index is -0.805. The summed E-state index contributed by atoms with van der Waals surface area (Å²) in [6, 6.07) is 10.7. The first-order chi connectivity index (χ1) is 14.9. The van der Waals surface area contributed by atoms with Gasteiger partial charge in [-0.05, 0) is 56.2 Å². The van der Waals surface area contributed by atoms with Crippen LogP contribution >= 0.6 is 23.2 Å². The van der Waals surface area contributed by atoms with Gasteiger partial charge in [-0.25, -0.2) is 0 Å². The summed E-state index contributed by atoms with van der Waals surface area (Å²) in [4.78, 5) is 39.4. The van der Waals surface area contributed by atoms with Crippen LogP contribution < -0.4 is 10.6 Å². The summed E-state index contributed by atoms with van der Waals surface area (Å²) in [7, 11) is 0. The Morgan fingerprint density at radius 1 is 0.935 bits per heavy atom. The van der Waals surface area contributed by atoms with Crippen LogP contribution in [0, 0.1) is 0 Å². The van der Waals surface area contributed by atoms with Gasteiger partial charge in [0, 0.05) is 24.3 Å². The molecular formula is C23H25Cl2N3O3. The fraction of sp³-hybridized carbons (Fsp3) is 0.348. The predicted octanol–water partition coefficient (Wildman–Crippen LogP) is 4.77. The van der Waals surface area contributed by atoms with Crippen molar-refractivity contribution in [3.05, 3.63) is 63.6 Å². The van der Waals surface area contributed by atoms with Crippen LogP contribution in [0.5, 0.6) is 0 Å². The van der Waals surface area contributed by atoms with Gasteiger partial charge in [-0.2, -0.15) is 0 Å². The second-order valence-corrected chi connectivity index (χ2v) is 8.35. The largest absolute Gasteiger partial charge is 0.340 e. The number of carbonyl (C=O) groups is 3. The van der Waals surface area contributed by atoms with E-state index in [1.165, 1.54) is 6.07 Å². The lowest BCUT2D eigenvalue weighted by Gasteiger charge is -2.20. The fourth-order valence-corrected chi connectivity index (χ4v) is 3.81. The maximum absolute atomic E-state index is 12.7. The zero-order valence-corrected chi connectivity index (χ0v) is 18.8. The van der Waals surface area contributed by atoms with E-state index in [2.05, 4.69) is 10.6 Å². The van der Waals surface area contributed by atoms with Crippen molar-refractivity contribution < 1.29 is 14.4 Å². The number of rotatable bonds is 5. The van der Waals surface area contributed by atoms with E-state index < -0.39 is 17.9 Å². The lowest BCUT2D eigenvalue weighted by Crippen LogP contribution is -2.41. The maximum atomic E-state index is 12.7. The number of benzene rings is 2. The van der Waals surface area contributed by atoms with Gasteiger partial charge in [0.1, 0.15) is 6.04 Å². The molecule has 1 fully saturated rings. The minimum absolute atomic E-state index is 0.0128. The minimum Gasteiger partial charge on any atom is -0.340 e. The highest BCUT2D eigenvalue weighted by Crippen LogP contribution is 2.25. The zero-order chi connectivity index (χ0) is 22.4. The van der Waals surface area contributed by atoms with E-state index in [4.69, 9.17) is 23.2 Å². The smallest absolute Gasteiger partial charge is 0.253 e. The van der Waals surface area contributed by atoms with Crippen LogP contribution in [-0.2, 0) is 4.79 Å². The summed E-state index contributed by atoms with van der Waals surface area (Å²) in [6.07, 6.45) is 4.38. The second kappa shape index (κ2) is 10.6. The lowest BCUT2D eigenvalue weighted by molar-refractivity contribution is -0.117. The first kappa shape index (κ1) is 23.1. The van der Waals surface area contributed by atoms with Crippen molar-refractivity contribution in [2.45, 2.75) is 38.6 Å². The summed E-state index contributed by atoms with van der Waals surface area (Å²) in [6.45, 7) is 3.14. The van der Waals surface area contributed by atoms with E-state index in [-0.39, 0.29) is 21.5 Å². The summed E-state index contributed by atoms with van der Waals surface area (Å²) >= 11 is 12.0. The molecule has 0 saturated carbocycles. The first-order valence-corrected chi connectivity index (χ1v) is 11.1. The predicted molar refractivity (Wildman–Crippen MR) is 123 cm³/mol. The third-order valence-corrected chi connectivity index (χ3v) is 6.05. The standard InChI is InChI=1S/C23H25Cl2N3O3/c1-15(26-22(30)18-7-6-8-19(24)20(18)25)21(29)27-17-11-9-16(10-12-17)23(31)28-13-4-2-3-5-14-28/h6-12,15H,2-5,13-14H2,1H3,(H,26,30)(H,27,29). The van der Waals surface area contributed by atoms with Crippen LogP contribution in [0.2, 0.25) is 10.0 Å². The lowest BCUT2D eigenvalue weighted by atomic mass is 10.1. The summed E-state index contributed by atoms with van der Waals surface area (Å²) in [5, 5.41) is 5.75. The van der Waals surface area contributed by atoms with Crippen molar-refractivity contribution in [2.75, 3.05) is 18.4 Å². The summed E-state index contributed by atoms with van der Waals surface area (Å²) in [5.74, 6) is -0.870. The Bertz CT molecular complexity index is 955. The maximum Gasteiger partial charge on any atom is 0.253 e. The number of anilines is 1. The van der Waals surface area contributed by atoms with E-state index >= 15 is 0 Å². The molecule has 6 nitrogen and oxygen atoms in total. The Balaban J connectivity index is 1.57. The number of amides is 3. The molecule has 2 aromatic carbocycles. The normalized spacial score (nSPS) is 15.0. The van der Waals surface area contributed by atoms with Gasteiger partial charge in [-0.3, -0.25) is 14.4 Å². The van der Waals surface area contributed by atoms with Gasteiger partial charge in [0.2, 0.25) is 5.91 Å². The van der Waals surface area contributed by atoms with E-state index in [1.54, 1.807) is 43.3 Å². The van der Waals surface area contributed by atoms with Crippen molar-refractivity contribution in [1.29, 1.82) is 0 Å². The van der Waals surface area contributed by atoms with Gasteiger partial charge in [-0.1, -0.05) is 42.1 Å². The van der Waals surface area contributed by atoms with Gasteiger partial charge in [0.25, 0.3) is 11.8 Å². The van der Waals surface area contributed by atoms with Crippen molar-refractivity contribution >= 4 is 46.6 Å². The van der Waals surface area contributed by atoms with E-state index in [0.29, 0.717) is 11.3 Å². The molecule has 1 aliphatic rings. The number of carbonyl (C=O) groups excluding carboxylic acids is 3. The Morgan fingerprint density at radius 2 is 1.58 bits per heavy atom. The SMILES string of the molecule is CC(NC(=O)c1cccc(Cl)c1Cl)C(=O)Nc1ccc(C(=O)N2CCCCCC2)cc1. The Morgan fingerprint density at radius 3 is 2.23 bits per heavy atom. The summed E-state index contributed by atoms with van der Waals surface area (Å²) in [5.41, 5.74) is 1.33. The monoisotopic (exact) mass is 461 g/mol. The first-order valence-electron chi connectivity index (χ1n) is 10.3. The van der Waals surface area contributed by atoms with Gasteiger partial charge >= 0.3 is 0 Å². The molecule has 1 aliphatic heterocycles. The molecule has 8 heteroatoms. The van der Waals surface area contributed by atoms with Gasteiger partial charge in [0.15, 0.2) is 0 Å². The number of nitrogens with one attached hydrogen (secondary N) is 2. The molecule has 0 aliphatic carbocycles. The number of hydrogen-bond donors (Lipinski definition) is 2. The van der Waals surface area contributed by atoms with Crippen LogP contribution in [-0.4, -0.2) is 41.8 Å². The second-order valence-electron chi connectivity index (χ2n) is 7.57. The van der Waals surface area contributed by atoms with Gasteiger partial charge in [0.05, 0.1) is 15.6 Å². The molecule has 164 valence electrons. The highest BCUT2D eigenvalue weighted by molar-refractivity contribution is 6.43. The van der Waals surface area contributed by atoms with E-state index in [1.807, 2.05) is 4.90 Å². The van der Waals surface area contributed by atoms with Crippen LogP contribution in [0.1, 0.15) is 53.3 Å². The molecule has 0 radical (unpaired) electrons. The molecule has 0 aromatic heterocycles. The van der Waals surface area contributed by atoms with Crippen LogP contribution in [0.3, 0.4) is 0 Å². The Labute approximate surface area is 191 Å². The third kappa shape index (κ3) is 5.99. The highest BCUT2D eigenvalue weighted by atomic mass is 35.5. The molecule has 31 heavy (non-hydrogen) atoms. The Kier molecular flexibility index (Phi) is 7.93. The number of nitrogens with zero attached hydrogens (tertiary/aromatic N) is 1. The fourth-order valence-electron chi connectivity index (χ4n) is 3.42. The molecule has 2 N–H and O–H groups in total. The highest BCUT2D eigenvalue weighted by Gasteiger charge is 2.20. The third-order valence-electron chi connectivity index (χ3n) is 5.23. The molecule has 1 unspecified atom stereocenters. The molecule has 1 heterocycles. The number of likely N-dealkylation sites (tertiary alicyclic amines) is 1. The topological polar surface area (TPSA) is 78.5 Å². The van der Waals surface area contributed by atoms with Gasteiger partial charge in [-0.15, -0.1) is 0 Å². The summed E-state index contributed by atoms with van der Waals surface area (Å²) < 4.78 is 0. The average Bonchev–Trinajstić information content (AvgIpc) is 3.05. The van der Waals surface area contributed by atoms with Gasteiger partial charge < -0.3 is 15.5 Å². The van der Waals surface area contributed by atoms with E-state index in [0.717, 1.165) is 38.8 Å². The molecule has 2 aromatic rings. The van der Waals surface area contributed by atoms with Crippen molar-refractivity contribution in [3.8, 4) is 0 Å². The van der Waals surface area contributed by atoms with E-state index in [9.17, 15) is 14.4 Å². The quantitative estimate of drug-likeness (QED) is 0.672. The molecular weight excluding hydrogens is 437 g/mol. The zero-order valence-electron chi connectivity index (χ0n) is 17.3. The molecule has 1 atom stereocenters. The van der Waals surface area contributed by atoms with Crippen molar-refractivity contribution in [1.82, 2.24) is 10.2 Å². The molecule has 1 saturated heterocycles. The number of hydrogen-bond acceptors (Lipinski definition) is 3. The van der Waals surface area contributed by atoms with Crippen molar-refractivity contribution in [3.63, 3.8) is 0 Å². The van der Waals surface area contributed by atoms with Crippen LogP contribution in [0.4, 0.5) is 5.69 Å². The molecule has 3 amide bonds. The molecule has 3 rings (SSSR count). The van der Waals surface area contributed by atoms with Crippen molar-refractivity contribution in [2.24, 2.45) is 0 Å². The van der Waals surface area contributed by atoms with Crippen LogP contribution in [0.25, 0.3) is 0 Å². The number of halogens is 2. The average molecular weight is 462 g/mol. The van der Waals surface area contributed by atoms with Crippen LogP contribution in [0.15, 0.2) is 42.5 Å². The molecule has 0 bridgehead atoms. The molecule has 0 spiro atoms.